The van der Waals surface area contributed by atoms with Crippen molar-refractivity contribution >= 4 is 25.8 Å². The molecule has 0 unspecified atom stereocenters. The summed E-state index contributed by atoms with van der Waals surface area (Å²) in [5.41, 5.74) is -0.552. The molecule has 1 rings (SSSR count). The maximum Gasteiger partial charge on any atom is 0.214 e. The van der Waals surface area contributed by atoms with E-state index < -0.39 is 27.0 Å². The Hall–Kier alpha value is -0.930. The number of rotatable bonds is 0. The summed E-state index contributed by atoms with van der Waals surface area (Å²) in [6.45, 7) is 0. The van der Waals surface area contributed by atoms with Gasteiger partial charge in [0.2, 0.25) is 9.84 Å². The van der Waals surface area contributed by atoms with Crippen LogP contribution in [-0.4, -0.2) is 14.7 Å². The molecular formula is C9H5BrF2O2S. The van der Waals surface area contributed by atoms with Crippen LogP contribution in [0.15, 0.2) is 16.6 Å². The molecule has 1 aromatic rings. The number of halogens is 3. The first-order chi connectivity index (χ1) is 6.79. The van der Waals surface area contributed by atoms with Crippen LogP contribution in [0.3, 0.4) is 0 Å². The first-order valence-electron chi connectivity index (χ1n) is 3.67. The molecule has 0 saturated carbocycles. The SMILES string of the molecule is CS(=O)(=O)C#Cc1c(F)cc(Br)cc1F. The highest BCUT2D eigenvalue weighted by molar-refractivity contribution is 9.10. The summed E-state index contributed by atoms with van der Waals surface area (Å²) in [6, 6.07) is 2.02. The lowest BCUT2D eigenvalue weighted by molar-refractivity contribution is 0.576. The first kappa shape index (κ1) is 12.1. The first-order valence-corrected chi connectivity index (χ1v) is 6.35. The van der Waals surface area contributed by atoms with Crippen molar-refractivity contribution < 1.29 is 17.2 Å². The van der Waals surface area contributed by atoms with Crippen LogP contribution in [0.4, 0.5) is 8.78 Å². The van der Waals surface area contributed by atoms with Crippen molar-refractivity contribution in [3.8, 4) is 11.2 Å². The van der Waals surface area contributed by atoms with Gasteiger partial charge in [0.05, 0.1) is 11.8 Å². The normalized spacial score (nSPS) is 10.7. The number of hydrogen-bond donors (Lipinski definition) is 0. The lowest BCUT2D eigenvalue weighted by atomic mass is 10.2. The second-order valence-corrected chi connectivity index (χ2v) is 5.41. The van der Waals surface area contributed by atoms with E-state index in [0.29, 0.717) is 0 Å². The molecule has 0 spiro atoms. The molecule has 0 heterocycles. The Morgan fingerprint density at radius 1 is 1.27 bits per heavy atom. The van der Waals surface area contributed by atoms with Gasteiger partial charge in [-0.3, -0.25) is 0 Å². The summed E-state index contributed by atoms with van der Waals surface area (Å²) < 4.78 is 47.8. The number of benzene rings is 1. The summed E-state index contributed by atoms with van der Waals surface area (Å²) in [6.07, 6.45) is 0.856. The summed E-state index contributed by atoms with van der Waals surface area (Å²) in [5.74, 6) is 0.130. The predicted octanol–water partition coefficient (Wildman–Crippen LogP) is 2.08. The van der Waals surface area contributed by atoms with Crippen molar-refractivity contribution in [2.45, 2.75) is 0 Å². The van der Waals surface area contributed by atoms with E-state index in [9.17, 15) is 17.2 Å². The van der Waals surface area contributed by atoms with Gasteiger partial charge >= 0.3 is 0 Å². The van der Waals surface area contributed by atoms with E-state index in [2.05, 4.69) is 15.9 Å². The zero-order valence-electron chi connectivity index (χ0n) is 7.51. The van der Waals surface area contributed by atoms with E-state index in [1.54, 1.807) is 5.25 Å². The van der Waals surface area contributed by atoms with Crippen LogP contribution in [0.5, 0.6) is 0 Å². The lowest BCUT2D eigenvalue weighted by Crippen LogP contribution is -1.93. The third-order valence-corrected chi connectivity index (χ3v) is 2.30. The van der Waals surface area contributed by atoms with Crippen molar-refractivity contribution in [3.05, 3.63) is 33.8 Å². The largest absolute Gasteiger partial charge is 0.216 e. The zero-order chi connectivity index (χ0) is 11.6. The van der Waals surface area contributed by atoms with Crippen LogP contribution >= 0.6 is 15.9 Å². The van der Waals surface area contributed by atoms with Crippen molar-refractivity contribution in [2.75, 3.05) is 6.26 Å². The van der Waals surface area contributed by atoms with Crippen LogP contribution in [-0.2, 0) is 9.84 Å². The molecule has 15 heavy (non-hydrogen) atoms. The maximum absolute atomic E-state index is 13.1. The number of hydrogen-bond acceptors (Lipinski definition) is 2. The fourth-order valence-electron chi connectivity index (χ4n) is 0.805. The third-order valence-electron chi connectivity index (χ3n) is 1.37. The Bertz CT molecular complexity index is 532. The molecule has 0 bridgehead atoms. The molecule has 0 amide bonds. The van der Waals surface area contributed by atoms with E-state index in [1.807, 2.05) is 5.92 Å². The quantitative estimate of drug-likeness (QED) is 0.687. The Labute approximate surface area is 94.3 Å². The Kier molecular flexibility index (Phi) is 3.47. The van der Waals surface area contributed by atoms with Crippen molar-refractivity contribution in [2.24, 2.45) is 0 Å². The molecule has 0 N–H and O–H groups in total. The van der Waals surface area contributed by atoms with Crippen molar-refractivity contribution in [1.82, 2.24) is 0 Å². The van der Waals surface area contributed by atoms with Gasteiger partial charge in [0.1, 0.15) is 11.6 Å². The molecule has 1 aromatic carbocycles. The van der Waals surface area contributed by atoms with E-state index in [4.69, 9.17) is 0 Å². The molecule has 0 radical (unpaired) electrons. The Balaban J connectivity index is 3.32. The van der Waals surface area contributed by atoms with Crippen molar-refractivity contribution in [1.29, 1.82) is 0 Å². The average molecular weight is 295 g/mol. The van der Waals surface area contributed by atoms with Crippen LogP contribution in [0, 0.1) is 22.8 Å². The second kappa shape index (κ2) is 4.29. The summed E-state index contributed by atoms with van der Waals surface area (Å²) in [4.78, 5) is 0. The molecule has 0 aliphatic rings. The molecular weight excluding hydrogens is 290 g/mol. The fourth-order valence-corrected chi connectivity index (χ4v) is 1.49. The molecule has 80 valence electrons. The molecule has 0 saturated heterocycles. The zero-order valence-corrected chi connectivity index (χ0v) is 9.92. The lowest BCUT2D eigenvalue weighted by Gasteiger charge is -1.97. The van der Waals surface area contributed by atoms with Gasteiger partial charge in [-0.1, -0.05) is 15.9 Å². The van der Waals surface area contributed by atoms with Gasteiger partial charge in [0, 0.05) is 9.73 Å². The van der Waals surface area contributed by atoms with Crippen LogP contribution in [0.2, 0.25) is 0 Å². The van der Waals surface area contributed by atoms with Crippen LogP contribution in [0.25, 0.3) is 0 Å². The van der Waals surface area contributed by atoms with E-state index >= 15 is 0 Å². The topological polar surface area (TPSA) is 34.1 Å². The Morgan fingerprint density at radius 2 is 1.73 bits per heavy atom. The highest BCUT2D eigenvalue weighted by atomic mass is 79.9. The van der Waals surface area contributed by atoms with Gasteiger partial charge in [-0.15, -0.1) is 0 Å². The monoisotopic (exact) mass is 294 g/mol. The van der Waals surface area contributed by atoms with Crippen molar-refractivity contribution in [3.63, 3.8) is 0 Å². The minimum absolute atomic E-state index is 0.224. The number of sulfone groups is 1. The van der Waals surface area contributed by atoms with Gasteiger partial charge in [0.15, 0.2) is 0 Å². The van der Waals surface area contributed by atoms with Crippen LogP contribution < -0.4 is 0 Å². The summed E-state index contributed by atoms with van der Waals surface area (Å²) in [5, 5.41) is 1.77. The van der Waals surface area contributed by atoms with Gasteiger partial charge in [-0.2, -0.15) is 0 Å². The molecule has 2 nitrogen and oxygen atoms in total. The van der Waals surface area contributed by atoms with Gasteiger partial charge in [0.25, 0.3) is 0 Å². The highest BCUT2D eigenvalue weighted by Crippen LogP contribution is 2.18. The standard InChI is InChI=1S/C9H5BrF2O2S/c1-15(13,14)3-2-7-8(11)4-6(10)5-9(7)12/h4-5H,1H3. The minimum Gasteiger partial charge on any atom is -0.216 e. The van der Waals surface area contributed by atoms with E-state index in [1.165, 1.54) is 0 Å². The average Bonchev–Trinajstić information content (AvgIpc) is 1.99. The predicted molar refractivity (Wildman–Crippen MR) is 55.8 cm³/mol. The van der Waals surface area contributed by atoms with Gasteiger partial charge in [-0.05, 0) is 18.1 Å². The molecule has 0 aliphatic carbocycles. The summed E-state index contributed by atoms with van der Waals surface area (Å²) >= 11 is 2.89. The molecule has 0 fully saturated rings. The fraction of sp³-hybridized carbons (Fsp3) is 0.111. The summed E-state index contributed by atoms with van der Waals surface area (Å²) in [7, 11) is -3.57. The van der Waals surface area contributed by atoms with Crippen LogP contribution in [0.1, 0.15) is 5.56 Å². The minimum atomic E-state index is -3.57. The second-order valence-electron chi connectivity index (χ2n) is 2.74. The molecule has 0 atom stereocenters. The molecule has 0 aromatic heterocycles. The van der Waals surface area contributed by atoms with E-state index in [-0.39, 0.29) is 4.47 Å². The highest BCUT2D eigenvalue weighted by Gasteiger charge is 2.08. The van der Waals surface area contributed by atoms with Gasteiger partial charge < -0.3 is 0 Å². The molecule has 6 heteroatoms. The smallest absolute Gasteiger partial charge is 0.214 e. The molecule has 0 aliphatic heterocycles. The third kappa shape index (κ3) is 3.61. The maximum atomic E-state index is 13.1. The Morgan fingerprint density at radius 3 is 2.13 bits per heavy atom. The van der Waals surface area contributed by atoms with E-state index in [0.717, 1.165) is 18.4 Å². The van der Waals surface area contributed by atoms with Gasteiger partial charge in [-0.25, -0.2) is 17.2 Å².